The van der Waals surface area contributed by atoms with Crippen molar-refractivity contribution >= 4 is 33.5 Å². The van der Waals surface area contributed by atoms with E-state index in [1.165, 1.54) is 11.3 Å². The zero-order valence-electron chi connectivity index (χ0n) is 16.0. The van der Waals surface area contributed by atoms with Crippen molar-refractivity contribution < 1.29 is 14.2 Å². The van der Waals surface area contributed by atoms with Crippen molar-refractivity contribution in [2.24, 2.45) is 10.1 Å². The molecule has 0 spiro atoms. The van der Waals surface area contributed by atoms with Crippen molar-refractivity contribution in [2.45, 2.75) is 0 Å². The third kappa shape index (κ3) is 3.98. The summed E-state index contributed by atoms with van der Waals surface area (Å²) >= 11 is 5.14. The van der Waals surface area contributed by atoms with E-state index in [0.29, 0.717) is 17.2 Å². The lowest BCUT2D eigenvalue weighted by molar-refractivity contribution is 0.324. The minimum absolute atomic E-state index is 0.545. The van der Waals surface area contributed by atoms with E-state index < -0.39 is 0 Å². The van der Waals surface area contributed by atoms with Crippen LogP contribution in [0.1, 0.15) is 5.56 Å². The van der Waals surface area contributed by atoms with Gasteiger partial charge in [-0.1, -0.05) is 34.1 Å². The number of methoxy groups -OCH3 is 3. The largest absolute Gasteiger partial charge is 0.493 e. The number of nitrogens with zero attached hydrogens (tertiary/aromatic N) is 3. The molecule has 0 amide bonds. The van der Waals surface area contributed by atoms with Crippen LogP contribution in [0.15, 0.2) is 56.3 Å². The van der Waals surface area contributed by atoms with Gasteiger partial charge in [-0.25, -0.2) is 4.68 Å². The number of ether oxygens (including phenoxy) is 3. The van der Waals surface area contributed by atoms with Crippen LogP contribution in [-0.4, -0.2) is 39.3 Å². The van der Waals surface area contributed by atoms with E-state index in [1.54, 1.807) is 34.6 Å². The van der Waals surface area contributed by atoms with Crippen LogP contribution in [0.5, 0.6) is 17.2 Å². The minimum atomic E-state index is 0.545. The van der Waals surface area contributed by atoms with Crippen molar-refractivity contribution in [2.75, 3.05) is 28.4 Å². The Balaban J connectivity index is 2.09. The summed E-state index contributed by atoms with van der Waals surface area (Å²) in [5, 5.41) is 6.70. The van der Waals surface area contributed by atoms with E-state index in [-0.39, 0.29) is 0 Å². The molecule has 0 atom stereocenters. The average Bonchev–Trinajstić information content (AvgIpc) is 3.14. The maximum absolute atomic E-state index is 5.41. The van der Waals surface area contributed by atoms with Gasteiger partial charge in [-0.2, -0.15) is 5.10 Å². The molecule has 0 radical (unpaired) electrons. The Morgan fingerprint density at radius 1 is 1.04 bits per heavy atom. The molecule has 146 valence electrons. The number of thiazole rings is 1. The van der Waals surface area contributed by atoms with E-state index in [2.05, 4.69) is 26.0 Å². The van der Waals surface area contributed by atoms with E-state index in [4.69, 9.17) is 14.2 Å². The van der Waals surface area contributed by atoms with Gasteiger partial charge < -0.3 is 14.2 Å². The highest BCUT2D eigenvalue weighted by Crippen LogP contribution is 2.37. The van der Waals surface area contributed by atoms with Gasteiger partial charge in [-0.3, -0.25) is 4.99 Å². The van der Waals surface area contributed by atoms with Gasteiger partial charge in [-0.05, 0) is 18.2 Å². The van der Waals surface area contributed by atoms with E-state index in [0.717, 1.165) is 26.1 Å². The molecule has 0 aliphatic carbocycles. The molecular weight excluding hydrogens is 442 g/mol. The second kappa shape index (κ2) is 9.07. The van der Waals surface area contributed by atoms with Crippen LogP contribution in [-0.2, 0) is 0 Å². The fourth-order valence-electron chi connectivity index (χ4n) is 2.72. The first kappa shape index (κ1) is 20.2. The van der Waals surface area contributed by atoms with E-state index in [9.17, 15) is 0 Å². The molecule has 28 heavy (non-hydrogen) atoms. The predicted molar refractivity (Wildman–Crippen MR) is 116 cm³/mol. The number of halogens is 1. The molecule has 2 aromatic carbocycles. The zero-order valence-corrected chi connectivity index (χ0v) is 18.4. The monoisotopic (exact) mass is 461 g/mol. The molecule has 0 saturated heterocycles. The normalized spacial score (nSPS) is 11.8. The average molecular weight is 462 g/mol. The van der Waals surface area contributed by atoms with Gasteiger partial charge >= 0.3 is 0 Å². The molecule has 0 N–H and O–H groups in total. The number of aromatic nitrogens is 1. The smallest absolute Gasteiger partial charge is 0.205 e. The molecule has 0 unspecified atom stereocenters. The SMILES string of the molecule is CN=c1scc(-c2ccccc2Br)n1N=Cc1cc(OC)c(OC)c(OC)c1. The van der Waals surface area contributed by atoms with Gasteiger partial charge in [0.05, 0.1) is 33.2 Å². The van der Waals surface area contributed by atoms with E-state index in [1.807, 2.05) is 46.5 Å². The third-order valence-corrected chi connectivity index (χ3v) is 5.63. The first-order valence-electron chi connectivity index (χ1n) is 8.35. The molecule has 0 aliphatic rings. The Morgan fingerprint density at radius 2 is 1.71 bits per heavy atom. The predicted octanol–water partition coefficient (Wildman–Crippen LogP) is 4.42. The van der Waals surface area contributed by atoms with Crippen LogP contribution in [0.4, 0.5) is 0 Å². The molecule has 0 bridgehead atoms. The summed E-state index contributed by atoms with van der Waals surface area (Å²) in [6, 6.07) is 11.7. The van der Waals surface area contributed by atoms with Crippen molar-refractivity contribution in [3.8, 4) is 28.5 Å². The summed E-state index contributed by atoms with van der Waals surface area (Å²) in [5.41, 5.74) is 2.80. The molecule has 0 aliphatic heterocycles. The minimum Gasteiger partial charge on any atom is -0.493 e. The fraction of sp³-hybridized carbons (Fsp3) is 0.200. The number of benzene rings is 2. The number of hydrogen-bond donors (Lipinski definition) is 0. The van der Waals surface area contributed by atoms with Gasteiger partial charge in [0.1, 0.15) is 0 Å². The summed E-state index contributed by atoms with van der Waals surface area (Å²) in [4.78, 5) is 5.12. The highest BCUT2D eigenvalue weighted by atomic mass is 79.9. The van der Waals surface area contributed by atoms with Crippen LogP contribution >= 0.6 is 27.3 Å². The Hall–Kier alpha value is -2.58. The first-order chi connectivity index (χ1) is 13.6. The molecule has 1 heterocycles. The number of rotatable bonds is 6. The topological polar surface area (TPSA) is 57.3 Å². The second-order valence-electron chi connectivity index (χ2n) is 5.62. The quantitative estimate of drug-likeness (QED) is 0.510. The highest BCUT2D eigenvalue weighted by molar-refractivity contribution is 9.10. The maximum atomic E-state index is 5.41. The van der Waals surface area contributed by atoms with Gasteiger partial charge in [0.2, 0.25) is 10.6 Å². The molecule has 6 nitrogen and oxygen atoms in total. The first-order valence-corrected chi connectivity index (χ1v) is 10.0. The molecule has 3 rings (SSSR count). The second-order valence-corrected chi connectivity index (χ2v) is 7.31. The van der Waals surface area contributed by atoms with Crippen LogP contribution in [0.25, 0.3) is 11.3 Å². The molecule has 8 heteroatoms. The lowest BCUT2D eigenvalue weighted by Crippen LogP contribution is -2.11. The van der Waals surface area contributed by atoms with Crippen LogP contribution in [0.3, 0.4) is 0 Å². The summed E-state index contributed by atoms with van der Waals surface area (Å²) in [6.45, 7) is 0. The summed E-state index contributed by atoms with van der Waals surface area (Å²) in [5.74, 6) is 1.69. The molecule has 0 fully saturated rings. The van der Waals surface area contributed by atoms with Crippen molar-refractivity contribution in [1.82, 2.24) is 4.68 Å². The molecule has 1 aromatic heterocycles. The summed E-state index contributed by atoms with van der Waals surface area (Å²) in [7, 11) is 6.51. The highest BCUT2D eigenvalue weighted by Gasteiger charge is 2.13. The van der Waals surface area contributed by atoms with Crippen LogP contribution in [0.2, 0.25) is 0 Å². The Bertz CT molecular complexity index is 1050. The molecule has 3 aromatic rings. The van der Waals surface area contributed by atoms with Gasteiger partial charge in [0.15, 0.2) is 11.5 Å². The third-order valence-electron chi connectivity index (χ3n) is 4.04. The van der Waals surface area contributed by atoms with Crippen molar-refractivity contribution in [3.63, 3.8) is 0 Å². The zero-order chi connectivity index (χ0) is 20.1. The maximum Gasteiger partial charge on any atom is 0.205 e. The lowest BCUT2D eigenvalue weighted by atomic mass is 10.2. The Labute approximate surface area is 175 Å². The summed E-state index contributed by atoms with van der Waals surface area (Å²) in [6.07, 6.45) is 1.74. The Morgan fingerprint density at radius 3 is 2.29 bits per heavy atom. The summed E-state index contributed by atoms with van der Waals surface area (Å²) < 4.78 is 19.0. The number of hydrogen-bond acceptors (Lipinski definition) is 6. The lowest BCUT2D eigenvalue weighted by Gasteiger charge is -2.12. The van der Waals surface area contributed by atoms with Crippen LogP contribution < -0.4 is 19.0 Å². The van der Waals surface area contributed by atoms with Crippen molar-refractivity contribution in [3.05, 3.63) is 56.6 Å². The van der Waals surface area contributed by atoms with Gasteiger partial charge in [0, 0.05) is 28.0 Å². The van der Waals surface area contributed by atoms with Gasteiger partial charge in [-0.15, -0.1) is 11.3 Å². The fourth-order valence-corrected chi connectivity index (χ4v) is 4.00. The molecule has 0 saturated carbocycles. The van der Waals surface area contributed by atoms with Crippen LogP contribution in [0, 0.1) is 0 Å². The Kier molecular flexibility index (Phi) is 6.53. The standard InChI is InChI=1S/C20H20BrN3O3S/c1-22-20-24(16(12-28-20)14-7-5-6-8-15(14)21)23-11-13-9-17(25-2)19(27-4)18(10-13)26-3/h5-12H,1-4H3. The van der Waals surface area contributed by atoms with E-state index >= 15 is 0 Å². The van der Waals surface area contributed by atoms with Crippen molar-refractivity contribution in [1.29, 1.82) is 0 Å². The van der Waals surface area contributed by atoms with Gasteiger partial charge in [0.25, 0.3) is 0 Å². The molecular formula is C20H20BrN3O3S.